The van der Waals surface area contributed by atoms with Crippen LogP contribution in [0, 0.1) is 0 Å². The van der Waals surface area contributed by atoms with Gasteiger partial charge in [0.2, 0.25) is 0 Å². The highest BCUT2D eigenvalue weighted by molar-refractivity contribution is 7.14. The Bertz CT molecular complexity index is 40.5. The molecule has 38 valence electrons. The molecule has 1 nitrogen and oxygen atoms in total. The monoisotopic (exact) mass is 122 g/mol. The number of hydrogen-bond acceptors (Lipinski definition) is 1. The lowest BCUT2D eigenvalue weighted by molar-refractivity contribution is 0.651. The van der Waals surface area contributed by atoms with Crippen LogP contribution in [0.1, 0.15) is 0 Å². The lowest BCUT2D eigenvalue weighted by Crippen LogP contribution is -2.19. The molecule has 0 aliphatic heterocycles. The summed E-state index contributed by atoms with van der Waals surface area (Å²) in [5.41, 5.74) is 0. The van der Waals surface area contributed by atoms with E-state index in [1.165, 1.54) is 0 Å². The second-order valence-electron chi connectivity index (χ2n) is 2.23. The zero-order valence-electron chi connectivity index (χ0n) is 4.49. The fourth-order valence-corrected chi connectivity index (χ4v) is 0. The molecule has 0 aromatic rings. The summed E-state index contributed by atoms with van der Waals surface area (Å²) in [5.74, 6) is 0. The van der Waals surface area contributed by atoms with Crippen molar-refractivity contribution in [3.8, 4) is 0 Å². The highest BCUT2D eigenvalue weighted by atomic mass is 31.0. The van der Waals surface area contributed by atoms with Gasteiger partial charge in [-0.1, -0.05) is 0 Å². The van der Waals surface area contributed by atoms with E-state index >= 15 is 0 Å². The average molecular weight is 122 g/mol. The fraction of sp³-hybridized carbons (Fsp3) is 1.00. The van der Waals surface area contributed by atoms with Gasteiger partial charge < -0.3 is 4.21 Å². The lowest BCUT2D eigenvalue weighted by Gasteiger charge is -2.10. The van der Waals surface area contributed by atoms with Gasteiger partial charge in [-0.25, -0.2) is 0 Å². The van der Waals surface area contributed by atoms with E-state index in [-0.39, 0.29) is 0 Å². The van der Waals surface area contributed by atoms with Gasteiger partial charge in [-0.05, 0) is 29.1 Å². The Labute approximate surface area is 42.5 Å². The predicted octanol–water partition coefficient (Wildman–Crippen LogP) is 1.63. The largest absolute Gasteiger partial charge is 0.401 e. The second-order valence-corrected chi connectivity index (χ2v) is 7.40. The van der Waals surface area contributed by atoms with Crippen LogP contribution in [0.15, 0.2) is 0 Å². The molecule has 0 heterocycles. The van der Waals surface area contributed by atoms with Crippen LogP contribution in [0.2, 0.25) is 19.6 Å². The maximum atomic E-state index is 4.99. The summed E-state index contributed by atoms with van der Waals surface area (Å²) in [7, 11) is 1.12. The molecule has 0 aromatic carbocycles. The van der Waals surface area contributed by atoms with Crippen LogP contribution in [0.4, 0.5) is 0 Å². The van der Waals surface area contributed by atoms with E-state index in [0.717, 1.165) is 0 Å². The maximum Gasteiger partial charge on any atom is 0.188 e. The van der Waals surface area contributed by atoms with Gasteiger partial charge in [-0.3, -0.25) is 0 Å². The third-order valence-electron chi connectivity index (χ3n) is 0.354. The molecule has 0 aliphatic rings. The van der Waals surface area contributed by atoms with E-state index in [4.69, 9.17) is 4.21 Å². The first kappa shape index (κ1) is 6.61. The van der Waals surface area contributed by atoms with Crippen molar-refractivity contribution < 1.29 is 4.21 Å². The van der Waals surface area contributed by atoms with E-state index in [9.17, 15) is 0 Å². The zero-order valence-corrected chi connectivity index (χ0v) is 6.64. The molecule has 0 aromatic heterocycles. The Morgan fingerprint density at radius 1 is 1.33 bits per heavy atom. The van der Waals surface area contributed by atoms with Crippen LogP contribution in [0.25, 0.3) is 0 Å². The fourth-order valence-electron chi connectivity index (χ4n) is 0. The number of rotatable bonds is 1. The molecule has 0 bridgehead atoms. The lowest BCUT2D eigenvalue weighted by atomic mass is 11.8. The smallest absolute Gasteiger partial charge is 0.188 e. The Morgan fingerprint density at radius 2 is 1.50 bits per heavy atom. The first-order valence-electron chi connectivity index (χ1n) is 1.94. The molecule has 0 fully saturated rings. The van der Waals surface area contributed by atoms with Crippen LogP contribution in [0.3, 0.4) is 0 Å². The summed E-state index contributed by atoms with van der Waals surface area (Å²) >= 11 is 0. The summed E-state index contributed by atoms with van der Waals surface area (Å²) < 4.78 is 4.99. The summed E-state index contributed by atoms with van der Waals surface area (Å²) in [6, 6.07) is 0. The second kappa shape index (κ2) is 2.06. The van der Waals surface area contributed by atoms with Crippen molar-refractivity contribution in [2.45, 2.75) is 19.6 Å². The molecule has 6 heavy (non-hydrogen) atoms. The molecule has 0 spiro atoms. The first-order chi connectivity index (χ1) is 2.56. The van der Waals surface area contributed by atoms with Crippen LogP contribution in [-0.2, 0) is 4.21 Å². The summed E-state index contributed by atoms with van der Waals surface area (Å²) in [4.78, 5) is 0. The average Bonchev–Trinajstić information content (AvgIpc) is 1.35. The van der Waals surface area contributed by atoms with Crippen molar-refractivity contribution in [2.24, 2.45) is 0 Å². The van der Waals surface area contributed by atoms with E-state index in [2.05, 4.69) is 29.1 Å². The quantitative estimate of drug-likeness (QED) is 0.379. The van der Waals surface area contributed by atoms with Crippen molar-refractivity contribution in [3.05, 3.63) is 0 Å². The summed E-state index contributed by atoms with van der Waals surface area (Å²) in [5, 5.41) is 0. The van der Waals surface area contributed by atoms with Gasteiger partial charge in [0.15, 0.2) is 8.32 Å². The normalized spacial score (nSPS) is 12.0. The Balaban J connectivity index is 3.17. The highest BCUT2D eigenvalue weighted by Crippen LogP contribution is 2.05. The molecular formula is C3H11OPSi. The minimum Gasteiger partial charge on any atom is -0.401 e. The Morgan fingerprint density at radius 3 is 1.50 bits per heavy atom. The van der Waals surface area contributed by atoms with E-state index in [1.807, 2.05) is 0 Å². The molecular weight excluding hydrogens is 111 g/mol. The number of hydrogen-bond donors (Lipinski definition) is 0. The van der Waals surface area contributed by atoms with E-state index < -0.39 is 8.32 Å². The van der Waals surface area contributed by atoms with Crippen molar-refractivity contribution in [2.75, 3.05) is 0 Å². The molecule has 0 saturated heterocycles. The third kappa shape index (κ3) is 4.61. The SMILES string of the molecule is C[Si](C)(C)OP. The summed E-state index contributed by atoms with van der Waals surface area (Å²) in [6.45, 7) is 6.42. The Hall–Kier alpha value is 0.607. The zero-order chi connectivity index (χ0) is 5.21. The highest BCUT2D eigenvalue weighted by Gasteiger charge is 2.09. The first-order valence-corrected chi connectivity index (χ1v) is 5.82. The Kier molecular flexibility index (Phi) is 2.26. The molecule has 1 atom stereocenters. The van der Waals surface area contributed by atoms with Gasteiger partial charge in [0.1, 0.15) is 0 Å². The molecule has 0 amide bonds. The van der Waals surface area contributed by atoms with Crippen LogP contribution < -0.4 is 0 Å². The van der Waals surface area contributed by atoms with Crippen LogP contribution in [0.5, 0.6) is 0 Å². The molecule has 3 heteroatoms. The predicted molar refractivity (Wildman–Crippen MR) is 34.1 cm³/mol. The third-order valence-corrected chi connectivity index (χ3v) is 3.18. The van der Waals surface area contributed by atoms with Crippen molar-refractivity contribution in [1.82, 2.24) is 0 Å². The minimum atomic E-state index is -1.17. The van der Waals surface area contributed by atoms with Crippen LogP contribution >= 0.6 is 9.47 Å². The van der Waals surface area contributed by atoms with E-state index in [1.54, 1.807) is 0 Å². The molecule has 0 radical (unpaired) electrons. The van der Waals surface area contributed by atoms with Gasteiger partial charge in [0.05, 0.1) is 0 Å². The van der Waals surface area contributed by atoms with Crippen molar-refractivity contribution in [3.63, 3.8) is 0 Å². The van der Waals surface area contributed by atoms with Gasteiger partial charge in [-0.2, -0.15) is 0 Å². The molecule has 1 unspecified atom stereocenters. The van der Waals surface area contributed by atoms with E-state index in [0.29, 0.717) is 0 Å². The molecule has 0 N–H and O–H groups in total. The topological polar surface area (TPSA) is 9.23 Å². The maximum absolute atomic E-state index is 4.99. The van der Waals surface area contributed by atoms with Gasteiger partial charge in [0.25, 0.3) is 0 Å². The van der Waals surface area contributed by atoms with Crippen LogP contribution in [-0.4, -0.2) is 8.32 Å². The van der Waals surface area contributed by atoms with Crippen molar-refractivity contribution in [1.29, 1.82) is 0 Å². The standard InChI is InChI=1S/C3H11OPSi/c1-6(2,3)4-5/h5H2,1-3H3. The molecule has 0 aliphatic carbocycles. The van der Waals surface area contributed by atoms with Gasteiger partial charge in [-0.15, -0.1) is 0 Å². The minimum absolute atomic E-state index is 1.17. The van der Waals surface area contributed by atoms with Gasteiger partial charge >= 0.3 is 0 Å². The molecule has 0 rings (SSSR count). The summed E-state index contributed by atoms with van der Waals surface area (Å²) in [6.07, 6.45) is 0. The molecule has 0 saturated carbocycles. The van der Waals surface area contributed by atoms with Gasteiger partial charge in [0, 0.05) is 0 Å². The van der Waals surface area contributed by atoms with Crippen molar-refractivity contribution >= 4 is 17.8 Å².